The third-order valence-electron chi connectivity index (χ3n) is 3.54. The van der Waals surface area contributed by atoms with Crippen LogP contribution < -0.4 is 5.32 Å². The number of carbonyl (C=O) groups excluding carboxylic acids is 1. The van der Waals surface area contributed by atoms with E-state index in [4.69, 9.17) is 5.11 Å². The van der Waals surface area contributed by atoms with Crippen LogP contribution in [0.15, 0.2) is 29.2 Å². The van der Waals surface area contributed by atoms with Crippen LogP contribution in [0.2, 0.25) is 0 Å². The summed E-state index contributed by atoms with van der Waals surface area (Å²) in [6, 6.07) is 4.52. The monoisotopic (exact) mass is 326 g/mol. The molecule has 0 bridgehead atoms. The van der Waals surface area contributed by atoms with E-state index in [1.807, 2.05) is 0 Å². The van der Waals surface area contributed by atoms with Crippen LogP contribution in [0.25, 0.3) is 0 Å². The number of aliphatic carboxylic acids is 1. The van der Waals surface area contributed by atoms with E-state index in [-0.39, 0.29) is 16.4 Å². The van der Waals surface area contributed by atoms with Crippen molar-refractivity contribution in [3.8, 4) is 0 Å². The Hall–Kier alpha value is -1.93. The van der Waals surface area contributed by atoms with Gasteiger partial charge in [0, 0.05) is 19.7 Å². The van der Waals surface area contributed by atoms with Crippen LogP contribution in [0.5, 0.6) is 0 Å². The number of sulfonamides is 1. The first-order valence-corrected chi connectivity index (χ1v) is 8.23. The normalized spacial score (nSPS) is 16.3. The Balaban J connectivity index is 2.13. The predicted molar refractivity (Wildman–Crippen MR) is 78.9 cm³/mol. The predicted octanol–water partition coefficient (Wildman–Crippen LogP) is 0.530. The average molecular weight is 326 g/mol. The van der Waals surface area contributed by atoms with E-state index in [1.54, 1.807) is 0 Å². The molecule has 1 atom stereocenters. The molecule has 0 spiro atoms. The molecule has 0 aliphatic heterocycles. The van der Waals surface area contributed by atoms with Crippen molar-refractivity contribution in [2.75, 3.05) is 14.1 Å². The molecule has 0 radical (unpaired) electrons. The van der Waals surface area contributed by atoms with Crippen molar-refractivity contribution < 1.29 is 23.1 Å². The van der Waals surface area contributed by atoms with Crippen LogP contribution in [-0.4, -0.2) is 49.8 Å². The molecule has 0 heterocycles. The lowest BCUT2D eigenvalue weighted by molar-refractivity contribution is -0.139. The first-order valence-electron chi connectivity index (χ1n) is 6.79. The molecule has 1 aliphatic carbocycles. The molecule has 1 amide bonds. The van der Waals surface area contributed by atoms with Crippen molar-refractivity contribution in [2.45, 2.75) is 23.8 Å². The molecule has 1 saturated carbocycles. The second kappa shape index (κ2) is 6.05. The summed E-state index contributed by atoms with van der Waals surface area (Å²) in [5.74, 6) is -1.59. The summed E-state index contributed by atoms with van der Waals surface area (Å²) >= 11 is 0. The number of carbonyl (C=O) groups is 2. The molecule has 0 saturated heterocycles. The molecule has 22 heavy (non-hydrogen) atoms. The molecule has 1 aliphatic rings. The molecule has 0 aromatic heterocycles. The fourth-order valence-electron chi connectivity index (χ4n) is 2.02. The Morgan fingerprint density at radius 1 is 1.23 bits per heavy atom. The Kier molecular flexibility index (Phi) is 4.52. The number of carboxylic acid groups (broad SMARTS) is 1. The third-order valence-corrected chi connectivity index (χ3v) is 5.37. The number of hydrogen-bond donors (Lipinski definition) is 2. The molecule has 2 N–H and O–H groups in total. The number of rotatable bonds is 6. The molecular formula is C14H18N2O5S. The number of hydrogen-bond acceptors (Lipinski definition) is 4. The Bertz CT molecular complexity index is 678. The van der Waals surface area contributed by atoms with Gasteiger partial charge in [-0.05, 0) is 43.0 Å². The van der Waals surface area contributed by atoms with Gasteiger partial charge in [-0.15, -0.1) is 0 Å². The fourth-order valence-corrected chi connectivity index (χ4v) is 2.93. The molecule has 2 rings (SSSR count). The smallest absolute Gasteiger partial charge is 0.326 e. The van der Waals surface area contributed by atoms with E-state index in [2.05, 4.69) is 5.32 Å². The highest BCUT2D eigenvalue weighted by Crippen LogP contribution is 2.32. The highest BCUT2D eigenvalue weighted by atomic mass is 32.2. The molecule has 1 unspecified atom stereocenters. The van der Waals surface area contributed by atoms with E-state index >= 15 is 0 Å². The zero-order valence-electron chi connectivity index (χ0n) is 12.3. The van der Waals surface area contributed by atoms with Gasteiger partial charge in [0.15, 0.2) is 0 Å². The third kappa shape index (κ3) is 3.45. The van der Waals surface area contributed by atoms with Gasteiger partial charge in [-0.3, -0.25) is 4.79 Å². The zero-order chi connectivity index (χ0) is 16.5. The van der Waals surface area contributed by atoms with Gasteiger partial charge in [-0.2, -0.15) is 0 Å². The largest absolute Gasteiger partial charge is 0.480 e. The van der Waals surface area contributed by atoms with Gasteiger partial charge in [-0.1, -0.05) is 0 Å². The summed E-state index contributed by atoms with van der Waals surface area (Å²) in [6.07, 6.45) is 1.58. The summed E-state index contributed by atoms with van der Waals surface area (Å²) < 4.78 is 24.9. The first-order chi connectivity index (χ1) is 10.2. The van der Waals surface area contributed by atoms with Gasteiger partial charge in [-0.25, -0.2) is 17.5 Å². The van der Waals surface area contributed by atoms with E-state index in [0.717, 1.165) is 17.1 Å². The van der Waals surface area contributed by atoms with Crippen molar-refractivity contribution in [3.05, 3.63) is 29.8 Å². The fraction of sp³-hybridized carbons (Fsp3) is 0.429. The minimum absolute atomic E-state index is 0.0187. The average Bonchev–Trinajstić information content (AvgIpc) is 3.28. The minimum atomic E-state index is -3.55. The summed E-state index contributed by atoms with van der Waals surface area (Å²) in [5, 5.41) is 11.6. The van der Waals surface area contributed by atoms with Crippen LogP contribution in [0, 0.1) is 5.92 Å². The van der Waals surface area contributed by atoms with Crippen molar-refractivity contribution >= 4 is 21.9 Å². The van der Waals surface area contributed by atoms with Crippen molar-refractivity contribution in [2.24, 2.45) is 5.92 Å². The molecule has 1 aromatic carbocycles. The van der Waals surface area contributed by atoms with Crippen LogP contribution in [0.3, 0.4) is 0 Å². The van der Waals surface area contributed by atoms with E-state index in [0.29, 0.717) is 0 Å². The van der Waals surface area contributed by atoms with E-state index in [1.165, 1.54) is 38.4 Å². The summed E-state index contributed by atoms with van der Waals surface area (Å²) in [5.41, 5.74) is 0.226. The quantitative estimate of drug-likeness (QED) is 0.793. The van der Waals surface area contributed by atoms with E-state index < -0.39 is 27.9 Å². The molecule has 120 valence electrons. The maximum absolute atomic E-state index is 12.1. The van der Waals surface area contributed by atoms with E-state index in [9.17, 15) is 18.0 Å². The summed E-state index contributed by atoms with van der Waals surface area (Å²) in [7, 11) is -0.712. The molecule has 1 aromatic rings. The lowest BCUT2D eigenvalue weighted by atomic mass is 10.1. The molecule has 1 fully saturated rings. The van der Waals surface area contributed by atoms with Crippen LogP contribution in [-0.2, 0) is 14.8 Å². The molecular weight excluding hydrogens is 308 g/mol. The number of benzene rings is 1. The van der Waals surface area contributed by atoms with Crippen LogP contribution in [0.1, 0.15) is 23.2 Å². The van der Waals surface area contributed by atoms with Crippen molar-refractivity contribution in [1.82, 2.24) is 9.62 Å². The van der Waals surface area contributed by atoms with Gasteiger partial charge < -0.3 is 10.4 Å². The molecule has 7 nitrogen and oxygen atoms in total. The lowest BCUT2D eigenvalue weighted by Gasteiger charge is -2.14. The maximum Gasteiger partial charge on any atom is 0.326 e. The van der Waals surface area contributed by atoms with Crippen molar-refractivity contribution in [3.63, 3.8) is 0 Å². The summed E-state index contributed by atoms with van der Waals surface area (Å²) in [4.78, 5) is 23.2. The Morgan fingerprint density at radius 3 is 2.18 bits per heavy atom. The first kappa shape index (κ1) is 16.4. The number of nitrogens with zero attached hydrogens (tertiary/aromatic N) is 1. The van der Waals surface area contributed by atoms with Crippen LogP contribution >= 0.6 is 0 Å². The molecule has 8 heteroatoms. The highest BCUT2D eigenvalue weighted by Gasteiger charge is 2.37. The van der Waals surface area contributed by atoms with Gasteiger partial charge in [0.05, 0.1) is 4.90 Å². The zero-order valence-corrected chi connectivity index (χ0v) is 13.1. The standard InChI is InChI=1S/C14H18N2O5S/c1-16(2)22(20,21)11-7-5-10(6-8-11)13(17)15-12(14(18)19)9-3-4-9/h5-9,12H,3-4H2,1-2H3,(H,15,17)(H,18,19). The minimum Gasteiger partial charge on any atom is -0.480 e. The Labute approximate surface area is 129 Å². The maximum atomic E-state index is 12.1. The number of amides is 1. The number of nitrogens with one attached hydrogen (secondary N) is 1. The Morgan fingerprint density at radius 2 is 1.77 bits per heavy atom. The SMILES string of the molecule is CN(C)S(=O)(=O)c1ccc(C(=O)NC(C(=O)O)C2CC2)cc1. The number of carboxylic acids is 1. The highest BCUT2D eigenvalue weighted by molar-refractivity contribution is 7.89. The second-order valence-corrected chi connectivity index (χ2v) is 7.59. The summed E-state index contributed by atoms with van der Waals surface area (Å²) in [6.45, 7) is 0. The van der Waals surface area contributed by atoms with Crippen molar-refractivity contribution in [1.29, 1.82) is 0 Å². The second-order valence-electron chi connectivity index (χ2n) is 5.44. The van der Waals surface area contributed by atoms with Gasteiger partial charge in [0.25, 0.3) is 5.91 Å². The lowest BCUT2D eigenvalue weighted by Crippen LogP contribution is -2.42. The van der Waals surface area contributed by atoms with Crippen LogP contribution in [0.4, 0.5) is 0 Å². The van der Waals surface area contributed by atoms with Gasteiger partial charge in [0.1, 0.15) is 6.04 Å². The van der Waals surface area contributed by atoms with Gasteiger partial charge >= 0.3 is 5.97 Å². The van der Waals surface area contributed by atoms with Gasteiger partial charge in [0.2, 0.25) is 10.0 Å². The topological polar surface area (TPSA) is 104 Å².